The van der Waals surface area contributed by atoms with E-state index in [0.717, 1.165) is 6.42 Å². The number of nitrogens with zero attached hydrogens (tertiary/aromatic N) is 1. The van der Waals surface area contributed by atoms with Gasteiger partial charge in [0.1, 0.15) is 0 Å². The summed E-state index contributed by atoms with van der Waals surface area (Å²) in [4.78, 5) is 25.7. The maximum Gasteiger partial charge on any atom is 0.251 e. The standard InChI is InChI=1S/C17H23ClN2O3/c1-12-8-10-20(11-15(12)21)16(22)3-2-9-19-17(23)13-4-6-14(18)7-5-13/h4-7,12,15,21H,2-3,8-11H2,1H3,(H,19,23). The van der Waals surface area contributed by atoms with Gasteiger partial charge in [0.2, 0.25) is 5.91 Å². The molecule has 1 aliphatic heterocycles. The van der Waals surface area contributed by atoms with E-state index in [0.29, 0.717) is 43.1 Å². The third-order valence-electron chi connectivity index (χ3n) is 4.23. The number of rotatable bonds is 5. The quantitative estimate of drug-likeness (QED) is 0.808. The highest BCUT2D eigenvalue weighted by atomic mass is 35.5. The van der Waals surface area contributed by atoms with E-state index in [1.807, 2.05) is 6.92 Å². The molecule has 0 aliphatic carbocycles. The predicted molar refractivity (Wildman–Crippen MR) is 89.4 cm³/mol. The molecule has 1 fully saturated rings. The topological polar surface area (TPSA) is 69.6 Å². The van der Waals surface area contributed by atoms with Crippen molar-refractivity contribution in [1.82, 2.24) is 10.2 Å². The Kier molecular flexibility index (Phi) is 6.42. The van der Waals surface area contributed by atoms with Crippen LogP contribution >= 0.6 is 11.6 Å². The normalized spacial score (nSPS) is 21.1. The van der Waals surface area contributed by atoms with Gasteiger partial charge >= 0.3 is 0 Å². The lowest BCUT2D eigenvalue weighted by molar-refractivity contribution is -0.135. The first kappa shape index (κ1) is 17.8. The maximum absolute atomic E-state index is 12.1. The summed E-state index contributed by atoms with van der Waals surface area (Å²) in [6, 6.07) is 6.67. The second kappa shape index (κ2) is 8.31. The molecule has 5 nitrogen and oxygen atoms in total. The predicted octanol–water partition coefficient (Wildman–Crippen LogP) is 2.08. The zero-order chi connectivity index (χ0) is 16.8. The smallest absolute Gasteiger partial charge is 0.251 e. The van der Waals surface area contributed by atoms with Crippen LogP contribution < -0.4 is 5.32 Å². The van der Waals surface area contributed by atoms with Gasteiger partial charge in [-0.1, -0.05) is 18.5 Å². The fraction of sp³-hybridized carbons (Fsp3) is 0.529. The van der Waals surface area contributed by atoms with E-state index in [1.54, 1.807) is 29.2 Å². The van der Waals surface area contributed by atoms with Gasteiger partial charge in [0, 0.05) is 36.6 Å². The van der Waals surface area contributed by atoms with Crippen LogP contribution in [0.4, 0.5) is 0 Å². The molecule has 1 heterocycles. The molecule has 2 atom stereocenters. The van der Waals surface area contributed by atoms with E-state index in [4.69, 9.17) is 11.6 Å². The number of hydrogen-bond donors (Lipinski definition) is 2. The fourth-order valence-electron chi connectivity index (χ4n) is 2.58. The molecule has 126 valence electrons. The summed E-state index contributed by atoms with van der Waals surface area (Å²) in [6.45, 7) is 3.56. The Labute approximate surface area is 141 Å². The zero-order valence-corrected chi connectivity index (χ0v) is 14.1. The second-order valence-electron chi connectivity index (χ2n) is 6.04. The molecule has 0 radical (unpaired) electrons. The van der Waals surface area contributed by atoms with Crippen LogP contribution in [0.1, 0.15) is 36.5 Å². The van der Waals surface area contributed by atoms with Crippen LogP contribution in [0, 0.1) is 5.92 Å². The Balaban J connectivity index is 1.68. The third kappa shape index (κ3) is 5.22. The van der Waals surface area contributed by atoms with Crippen molar-refractivity contribution in [2.75, 3.05) is 19.6 Å². The van der Waals surface area contributed by atoms with Gasteiger partial charge in [0.25, 0.3) is 5.91 Å². The van der Waals surface area contributed by atoms with Crippen LogP contribution in [-0.2, 0) is 4.79 Å². The lowest BCUT2D eigenvalue weighted by Gasteiger charge is -2.34. The van der Waals surface area contributed by atoms with Gasteiger partial charge in [-0.05, 0) is 43.0 Å². The molecule has 2 rings (SSSR count). The number of benzene rings is 1. The van der Waals surface area contributed by atoms with Crippen molar-refractivity contribution in [2.45, 2.75) is 32.3 Å². The van der Waals surface area contributed by atoms with Crippen molar-refractivity contribution in [3.05, 3.63) is 34.9 Å². The van der Waals surface area contributed by atoms with E-state index in [-0.39, 0.29) is 17.7 Å². The summed E-state index contributed by atoms with van der Waals surface area (Å²) in [6.07, 6.45) is 1.36. The minimum absolute atomic E-state index is 0.0386. The van der Waals surface area contributed by atoms with E-state index in [9.17, 15) is 14.7 Å². The zero-order valence-electron chi connectivity index (χ0n) is 13.3. The van der Waals surface area contributed by atoms with Gasteiger partial charge in [-0.25, -0.2) is 0 Å². The highest BCUT2D eigenvalue weighted by molar-refractivity contribution is 6.30. The number of amides is 2. The van der Waals surface area contributed by atoms with Crippen LogP contribution in [0.2, 0.25) is 5.02 Å². The average molecular weight is 339 g/mol. The molecular weight excluding hydrogens is 316 g/mol. The maximum atomic E-state index is 12.1. The van der Waals surface area contributed by atoms with Gasteiger partial charge in [-0.15, -0.1) is 0 Å². The summed E-state index contributed by atoms with van der Waals surface area (Å²) in [7, 11) is 0. The molecule has 1 aliphatic rings. The lowest BCUT2D eigenvalue weighted by atomic mass is 9.96. The van der Waals surface area contributed by atoms with Crippen molar-refractivity contribution >= 4 is 23.4 Å². The highest BCUT2D eigenvalue weighted by Crippen LogP contribution is 2.17. The first-order valence-corrected chi connectivity index (χ1v) is 8.35. The SMILES string of the molecule is CC1CCN(C(=O)CCCNC(=O)c2ccc(Cl)cc2)CC1O. The number of carbonyl (C=O) groups is 2. The number of carbonyl (C=O) groups excluding carboxylic acids is 2. The summed E-state index contributed by atoms with van der Waals surface area (Å²) >= 11 is 5.78. The van der Waals surface area contributed by atoms with E-state index in [1.165, 1.54) is 0 Å². The molecule has 0 aromatic heterocycles. The Morgan fingerprint density at radius 2 is 2.04 bits per heavy atom. The molecule has 23 heavy (non-hydrogen) atoms. The fourth-order valence-corrected chi connectivity index (χ4v) is 2.70. The highest BCUT2D eigenvalue weighted by Gasteiger charge is 2.26. The number of halogens is 1. The van der Waals surface area contributed by atoms with E-state index in [2.05, 4.69) is 5.32 Å². The first-order chi connectivity index (χ1) is 11.0. The summed E-state index contributed by atoms with van der Waals surface area (Å²) in [5.41, 5.74) is 0.550. The van der Waals surface area contributed by atoms with E-state index >= 15 is 0 Å². The molecule has 6 heteroatoms. The minimum atomic E-state index is -0.433. The lowest BCUT2D eigenvalue weighted by Crippen LogP contribution is -2.45. The number of piperidine rings is 1. The third-order valence-corrected chi connectivity index (χ3v) is 4.48. The number of likely N-dealkylation sites (tertiary alicyclic amines) is 1. The van der Waals surface area contributed by atoms with E-state index < -0.39 is 6.10 Å². The molecule has 0 spiro atoms. The Morgan fingerprint density at radius 3 is 2.70 bits per heavy atom. The molecule has 0 saturated carbocycles. The molecule has 0 bridgehead atoms. The molecule has 1 aromatic carbocycles. The van der Waals surface area contributed by atoms with Gasteiger partial charge in [-0.2, -0.15) is 0 Å². The molecular formula is C17H23ClN2O3. The number of nitrogens with one attached hydrogen (secondary N) is 1. The van der Waals surface area contributed by atoms with Gasteiger partial charge in [0.05, 0.1) is 6.10 Å². The van der Waals surface area contributed by atoms with Gasteiger partial charge < -0.3 is 15.3 Å². The van der Waals surface area contributed by atoms with Gasteiger partial charge in [-0.3, -0.25) is 9.59 Å². The number of hydrogen-bond acceptors (Lipinski definition) is 3. The Bertz CT molecular complexity index is 547. The Hall–Kier alpha value is -1.59. The largest absolute Gasteiger partial charge is 0.391 e. The van der Waals surface area contributed by atoms with Crippen molar-refractivity contribution < 1.29 is 14.7 Å². The van der Waals surface area contributed by atoms with Crippen LogP contribution in [0.5, 0.6) is 0 Å². The number of β-amino-alcohol motifs (C(OH)–C–C–N with tert-alkyl or cyclic N) is 1. The monoisotopic (exact) mass is 338 g/mol. The van der Waals surface area contributed by atoms with Crippen LogP contribution in [0.25, 0.3) is 0 Å². The number of aliphatic hydroxyl groups is 1. The molecule has 2 N–H and O–H groups in total. The second-order valence-corrected chi connectivity index (χ2v) is 6.48. The molecule has 1 saturated heterocycles. The van der Waals surface area contributed by atoms with Crippen molar-refractivity contribution in [3.63, 3.8) is 0 Å². The first-order valence-electron chi connectivity index (χ1n) is 7.97. The van der Waals surface area contributed by atoms with Crippen molar-refractivity contribution in [1.29, 1.82) is 0 Å². The molecule has 2 amide bonds. The summed E-state index contributed by atoms with van der Waals surface area (Å²) < 4.78 is 0. The molecule has 2 unspecified atom stereocenters. The van der Waals surface area contributed by atoms with Crippen molar-refractivity contribution in [2.24, 2.45) is 5.92 Å². The summed E-state index contributed by atoms with van der Waals surface area (Å²) in [5.74, 6) is 0.116. The average Bonchev–Trinajstić information content (AvgIpc) is 2.54. The van der Waals surface area contributed by atoms with Gasteiger partial charge in [0.15, 0.2) is 0 Å². The van der Waals surface area contributed by atoms with Crippen LogP contribution in [-0.4, -0.2) is 47.6 Å². The van der Waals surface area contributed by atoms with Crippen LogP contribution in [0.15, 0.2) is 24.3 Å². The Morgan fingerprint density at radius 1 is 1.35 bits per heavy atom. The molecule has 1 aromatic rings. The van der Waals surface area contributed by atoms with Crippen molar-refractivity contribution in [3.8, 4) is 0 Å². The summed E-state index contributed by atoms with van der Waals surface area (Å²) in [5, 5.41) is 13.2. The number of aliphatic hydroxyl groups excluding tert-OH is 1. The minimum Gasteiger partial charge on any atom is -0.391 e. The van der Waals surface area contributed by atoms with Crippen LogP contribution in [0.3, 0.4) is 0 Å².